The molecule has 0 bridgehead atoms. The number of aryl methyl sites for hydroxylation is 1. The third-order valence-corrected chi connectivity index (χ3v) is 4.84. The monoisotopic (exact) mass is 340 g/mol. The van der Waals surface area contributed by atoms with Crippen molar-refractivity contribution in [1.82, 2.24) is 9.88 Å². The molecular weight excluding hydrogens is 316 g/mol. The zero-order valence-corrected chi connectivity index (χ0v) is 15.0. The first-order chi connectivity index (χ1) is 12.0. The highest BCUT2D eigenvalue weighted by Crippen LogP contribution is 2.26. The van der Waals surface area contributed by atoms with Gasteiger partial charge in [0.2, 0.25) is 0 Å². The van der Waals surface area contributed by atoms with Crippen LogP contribution in [0, 0.1) is 12.8 Å². The van der Waals surface area contributed by atoms with E-state index in [1.165, 1.54) is 0 Å². The van der Waals surface area contributed by atoms with Gasteiger partial charge in [-0.25, -0.2) is 0 Å². The molecule has 0 spiro atoms. The highest BCUT2D eigenvalue weighted by atomic mass is 16.5. The van der Waals surface area contributed by atoms with Crippen LogP contribution in [-0.4, -0.2) is 23.6 Å². The van der Waals surface area contributed by atoms with Gasteiger partial charge in [0, 0.05) is 25.2 Å². The van der Waals surface area contributed by atoms with Gasteiger partial charge in [-0.15, -0.1) is 0 Å². The Kier molecular flexibility index (Phi) is 4.93. The molecule has 0 fully saturated rings. The minimum absolute atomic E-state index is 0.203. The van der Waals surface area contributed by atoms with Crippen molar-refractivity contribution in [2.45, 2.75) is 26.7 Å². The van der Waals surface area contributed by atoms with Gasteiger partial charge in [-0.2, -0.15) is 0 Å². The molecule has 1 amide bonds. The topological polar surface area (TPSA) is 60.3 Å². The number of hydrogen-bond donors (Lipinski definition) is 1. The smallest absolute Gasteiger partial charge is 0.263 e. The Balaban J connectivity index is 1.69. The molecule has 0 radical (unpaired) electrons. The second-order valence-electron chi connectivity index (χ2n) is 6.60. The molecular formula is C20H24N2O3. The van der Waals surface area contributed by atoms with Gasteiger partial charge in [-0.3, -0.25) is 9.59 Å². The summed E-state index contributed by atoms with van der Waals surface area (Å²) in [4.78, 5) is 24.9. The number of nitrogens with one attached hydrogen (secondary N) is 1. The van der Waals surface area contributed by atoms with Crippen molar-refractivity contribution in [1.29, 1.82) is 0 Å². The summed E-state index contributed by atoms with van der Waals surface area (Å²) in [6.45, 7) is 5.00. The van der Waals surface area contributed by atoms with E-state index in [2.05, 4.69) is 5.32 Å². The predicted octanol–water partition coefficient (Wildman–Crippen LogP) is 2.24. The van der Waals surface area contributed by atoms with Crippen molar-refractivity contribution in [2.75, 3.05) is 13.2 Å². The molecule has 1 atom stereocenters. The zero-order valence-electron chi connectivity index (χ0n) is 15.0. The molecule has 132 valence electrons. The van der Waals surface area contributed by atoms with Crippen molar-refractivity contribution < 1.29 is 9.53 Å². The quantitative estimate of drug-likeness (QED) is 0.928. The van der Waals surface area contributed by atoms with Crippen molar-refractivity contribution in [2.24, 2.45) is 13.0 Å². The van der Waals surface area contributed by atoms with Crippen LogP contribution in [0.2, 0.25) is 0 Å². The summed E-state index contributed by atoms with van der Waals surface area (Å²) in [7, 11) is 1.72. The first-order valence-electron chi connectivity index (χ1n) is 8.69. The average molecular weight is 340 g/mol. The van der Waals surface area contributed by atoms with Gasteiger partial charge in [0.1, 0.15) is 11.3 Å². The van der Waals surface area contributed by atoms with Crippen molar-refractivity contribution in [3.8, 4) is 5.75 Å². The van der Waals surface area contributed by atoms with Gasteiger partial charge in [0.05, 0.1) is 6.61 Å². The minimum Gasteiger partial charge on any atom is -0.493 e. The third-order valence-electron chi connectivity index (χ3n) is 4.84. The summed E-state index contributed by atoms with van der Waals surface area (Å²) in [5.74, 6) is 0.814. The number of fused-ring (bicyclic) bond motifs is 1. The van der Waals surface area contributed by atoms with Crippen molar-refractivity contribution in [3.63, 3.8) is 0 Å². The van der Waals surface area contributed by atoms with E-state index < -0.39 is 0 Å². The van der Waals surface area contributed by atoms with E-state index in [1.807, 2.05) is 38.1 Å². The lowest BCUT2D eigenvalue weighted by Gasteiger charge is -2.25. The van der Waals surface area contributed by atoms with E-state index in [4.69, 9.17) is 4.74 Å². The van der Waals surface area contributed by atoms with Gasteiger partial charge in [-0.1, -0.05) is 25.1 Å². The fourth-order valence-corrected chi connectivity index (χ4v) is 3.46. The Bertz CT molecular complexity index is 855. The number of amides is 1. The molecule has 25 heavy (non-hydrogen) atoms. The van der Waals surface area contributed by atoms with Gasteiger partial charge in [-0.05, 0) is 43.0 Å². The standard InChI is InChI=1S/C20H24N2O3/c1-4-17-13(2)9-16(20(24)22(17)3)19(23)21-11-14-10-15-7-5-6-8-18(15)25-12-14/h5-9,14H,4,10-12H2,1-3H3,(H,21,23)/t14-/m0/s1. The van der Waals surface area contributed by atoms with Crippen LogP contribution in [0.5, 0.6) is 5.75 Å². The molecule has 3 rings (SSSR count). The Hall–Kier alpha value is -2.56. The van der Waals surface area contributed by atoms with Gasteiger partial charge >= 0.3 is 0 Å². The van der Waals surface area contributed by atoms with Crippen LogP contribution in [0.1, 0.15) is 34.1 Å². The Morgan fingerprint density at radius 3 is 2.88 bits per heavy atom. The molecule has 2 aromatic rings. The lowest BCUT2D eigenvalue weighted by Crippen LogP contribution is -2.38. The summed E-state index contributed by atoms with van der Waals surface area (Å²) in [6, 6.07) is 9.66. The molecule has 0 saturated heterocycles. The van der Waals surface area contributed by atoms with Gasteiger partial charge in [0.15, 0.2) is 0 Å². The maximum atomic E-state index is 12.5. The second kappa shape index (κ2) is 7.13. The van der Waals surface area contributed by atoms with E-state index in [1.54, 1.807) is 17.7 Å². The summed E-state index contributed by atoms with van der Waals surface area (Å²) in [5, 5.41) is 2.90. The summed E-state index contributed by atoms with van der Waals surface area (Å²) in [5.41, 5.74) is 3.04. The molecule has 0 unspecified atom stereocenters. The SMILES string of the molecule is CCc1c(C)cc(C(=O)NC[C@H]2COc3ccccc3C2)c(=O)n1C. The van der Waals surface area contributed by atoms with Crippen LogP contribution in [0.4, 0.5) is 0 Å². The number of carbonyl (C=O) groups is 1. The predicted molar refractivity (Wildman–Crippen MR) is 97.3 cm³/mol. The first kappa shape index (κ1) is 17.3. The molecule has 0 saturated carbocycles. The van der Waals surface area contributed by atoms with E-state index >= 15 is 0 Å². The minimum atomic E-state index is -0.315. The largest absolute Gasteiger partial charge is 0.493 e. The van der Waals surface area contributed by atoms with Crippen LogP contribution in [0.15, 0.2) is 35.1 Å². The first-order valence-corrected chi connectivity index (χ1v) is 8.69. The number of ether oxygens (including phenoxy) is 1. The van der Waals surface area contributed by atoms with Crippen LogP contribution >= 0.6 is 0 Å². The van der Waals surface area contributed by atoms with E-state index in [-0.39, 0.29) is 22.9 Å². The highest BCUT2D eigenvalue weighted by Gasteiger charge is 2.21. The van der Waals surface area contributed by atoms with Crippen LogP contribution in [-0.2, 0) is 19.9 Å². The fourth-order valence-electron chi connectivity index (χ4n) is 3.46. The molecule has 1 aliphatic rings. The molecule has 2 heterocycles. The van der Waals surface area contributed by atoms with Crippen LogP contribution < -0.4 is 15.6 Å². The normalized spacial score (nSPS) is 16.0. The summed E-state index contributed by atoms with van der Waals surface area (Å²) < 4.78 is 7.32. The average Bonchev–Trinajstić information content (AvgIpc) is 2.63. The number of para-hydroxylation sites is 1. The highest BCUT2D eigenvalue weighted by molar-refractivity contribution is 5.94. The number of benzene rings is 1. The number of rotatable bonds is 4. The van der Waals surface area contributed by atoms with Crippen molar-refractivity contribution in [3.05, 3.63) is 63.1 Å². The van der Waals surface area contributed by atoms with Crippen LogP contribution in [0.25, 0.3) is 0 Å². The number of aromatic nitrogens is 1. The molecule has 5 nitrogen and oxygen atoms in total. The Labute approximate surface area is 147 Å². The molecule has 0 aliphatic carbocycles. The fraction of sp³-hybridized carbons (Fsp3) is 0.400. The zero-order chi connectivity index (χ0) is 18.0. The number of carbonyl (C=O) groups excluding carboxylic acids is 1. The van der Waals surface area contributed by atoms with Crippen molar-refractivity contribution >= 4 is 5.91 Å². The Morgan fingerprint density at radius 2 is 2.12 bits per heavy atom. The second-order valence-corrected chi connectivity index (χ2v) is 6.60. The third kappa shape index (κ3) is 3.45. The molecule has 1 N–H and O–H groups in total. The maximum Gasteiger partial charge on any atom is 0.263 e. The summed E-state index contributed by atoms with van der Waals surface area (Å²) >= 11 is 0. The van der Waals surface area contributed by atoms with E-state index in [0.29, 0.717) is 13.2 Å². The van der Waals surface area contributed by atoms with Crippen LogP contribution in [0.3, 0.4) is 0 Å². The van der Waals surface area contributed by atoms with Gasteiger partial charge < -0.3 is 14.6 Å². The molecule has 1 aromatic heterocycles. The molecule has 5 heteroatoms. The molecule has 1 aromatic carbocycles. The Morgan fingerprint density at radius 1 is 1.36 bits per heavy atom. The van der Waals surface area contributed by atoms with Gasteiger partial charge in [0.25, 0.3) is 11.5 Å². The summed E-state index contributed by atoms with van der Waals surface area (Å²) in [6.07, 6.45) is 1.63. The lowest BCUT2D eigenvalue weighted by atomic mass is 9.96. The molecule has 1 aliphatic heterocycles. The number of hydrogen-bond acceptors (Lipinski definition) is 3. The lowest BCUT2D eigenvalue weighted by molar-refractivity contribution is 0.0937. The maximum absolute atomic E-state index is 12.5. The van der Waals surface area contributed by atoms with E-state index in [9.17, 15) is 9.59 Å². The number of nitrogens with zero attached hydrogens (tertiary/aromatic N) is 1. The van der Waals surface area contributed by atoms with E-state index in [0.717, 1.165) is 35.4 Å². The number of pyridine rings is 1.